The summed E-state index contributed by atoms with van der Waals surface area (Å²) in [6, 6.07) is 32.7. The Morgan fingerprint density at radius 3 is 0.967 bits per heavy atom. The van der Waals surface area contributed by atoms with Crippen molar-refractivity contribution in [3.8, 4) is 45.8 Å². The van der Waals surface area contributed by atoms with E-state index in [9.17, 15) is 20.4 Å². The van der Waals surface area contributed by atoms with Gasteiger partial charge in [-0.1, -0.05) is 0 Å². The molecule has 2 aromatic heterocycles. The van der Waals surface area contributed by atoms with Gasteiger partial charge in [0.05, 0.1) is 22.7 Å². The van der Waals surface area contributed by atoms with Crippen LogP contribution in [0.15, 0.2) is 138 Å². The van der Waals surface area contributed by atoms with E-state index in [1.807, 2.05) is 74.5 Å². The normalized spacial score (nSPS) is 13.8. The third-order valence-corrected chi connectivity index (χ3v) is 9.57. The summed E-state index contributed by atoms with van der Waals surface area (Å²) in [5, 5.41) is 74.7. The molecule has 4 N–H and O–H groups in total. The lowest BCUT2D eigenvalue weighted by atomic mass is 10.1. The van der Waals surface area contributed by atoms with E-state index in [2.05, 4.69) is 40.9 Å². The van der Waals surface area contributed by atoms with Crippen molar-refractivity contribution in [2.45, 2.75) is 66.5 Å². The molecule has 0 spiro atoms. The molecule has 0 amide bonds. The van der Waals surface area contributed by atoms with Crippen molar-refractivity contribution in [2.24, 2.45) is 20.5 Å². The minimum absolute atomic E-state index is 0.346. The third kappa shape index (κ3) is 9.32. The second-order valence-corrected chi connectivity index (χ2v) is 14.2. The highest BCUT2D eigenvalue weighted by atomic mass is 16.4. The van der Waals surface area contributed by atoms with Crippen molar-refractivity contribution in [3.63, 3.8) is 0 Å². The van der Waals surface area contributed by atoms with Crippen LogP contribution < -0.4 is 9.80 Å². The van der Waals surface area contributed by atoms with Crippen molar-refractivity contribution in [2.75, 3.05) is 9.80 Å². The topological polar surface area (TPSA) is 215 Å². The molecule has 7 aromatic rings. The van der Waals surface area contributed by atoms with Gasteiger partial charge < -0.3 is 39.1 Å². The number of aryl methyl sites for hydroxylation is 2. The average Bonchev–Trinajstić information content (AvgIpc) is 3.92. The average molecular weight is 809 g/mol. The number of nitrogens with zero attached hydrogens (tertiary/aromatic N) is 10. The predicted octanol–water partition coefficient (Wildman–Crippen LogP) is 9.53. The van der Waals surface area contributed by atoms with Crippen LogP contribution >= 0.6 is 0 Å². The first-order valence-corrected chi connectivity index (χ1v) is 19.2. The van der Waals surface area contributed by atoms with Gasteiger partial charge in [0, 0.05) is 33.6 Å². The van der Waals surface area contributed by atoms with Gasteiger partial charge >= 0.3 is 0 Å². The number of aliphatic hydroxyl groups is 4. The van der Waals surface area contributed by atoms with Crippen LogP contribution in [0.4, 0.5) is 34.1 Å². The molecule has 4 unspecified atom stereocenters. The van der Waals surface area contributed by atoms with E-state index < -0.39 is 24.9 Å². The standard InChI is InChI=1S/C44H44N10O6/c1-25-23-37(53(27(3)55)28(4)56)19-21-39(25)47-45-35-15-11-33(12-16-35)43-51-49-41(59-43)31-7-9-32(10-8-31)42-50-52-44(60-42)34-13-17-36(18-14-34)46-48-40-22-20-38(24-26(40)2)54(29(5)57)30(6)58/h7-24,27-30,55-58H,1-6H3. The zero-order chi connectivity index (χ0) is 42.5. The van der Waals surface area contributed by atoms with Gasteiger partial charge in [-0.25, -0.2) is 0 Å². The van der Waals surface area contributed by atoms with Crippen molar-refractivity contribution in [3.05, 3.63) is 120 Å². The van der Waals surface area contributed by atoms with Crippen LogP contribution in [0.25, 0.3) is 45.8 Å². The summed E-state index contributed by atoms with van der Waals surface area (Å²) in [7, 11) is 0. The largest absolute Gasteiger partial charge is 0.416 e. The lowest BCUT2D eigenvalue weighted by Gasteiger charge is -2.30. The zero-order valence-electron chi connectivity index (χ0n) is 33.8. The lowest BCUT2D eigenvalue weighted by molar-refractivity contribution is 0.104. The monoisotopic (exact) mass is 808 g/mol. The fraction of sp³-hybridized carbons (Fsp3) is 0.227. The molecule has 0 aliphatic heterocycles. The number of anilines is 2. The van der Waals surface area contributed by atoms with E-state index in [1.165, 1.54) is 9.80 Å². The molecule has 5 aromatic carbocycles. The molecule has 0 aliphatic carbocycles. The van der Waals surface area contributed by atoms with Gasteiger partial charge in [-0.05, 0) is 162 Å². The molecule has 0 aliphatic rings. The fourth-order valence-corrected chi connectivity index (χ4v) is 6.55. The van der Waals surface area contributed by atoms with E-state index >= 15 is 0 Å². The van der Waals surface area contributed by atoms with Crippen molar-refractivity contribution in [1.82, 2.24) is 20.4 Å². The Bertz CT molecular complexity index is 2400. The minimum atomic E-state index is -0.857. The Labute approximate surface area is 345 Å². The highest BCUT2D eigenvalue weighted by molar-refractivity contribution is 5.65. The van der Waals surface area contributed by atoms with Crippen LogP contribution in [0.3, 0.4) is 0 Å². The van der Waals surface area contributed by atoms with Gasteiger partial charge in [0.25, 0.3) is 0 Å². The van der Waals surface area contributed by atoms with Gasteiger partial charge in [0.2, 0.25) is 23.6 Å². The Morgan fingerprint density at radius 1 is 0.417 bits per heavy atom. The molecule has 0 bridgehead atoms. The van der Waals surface area contributed by atoms with Crippen molar-refractivity contribution >= 4 is 34.1 Å². The Hall–Kier alpha value is -6.98. The summed E-state index contributed by atoms with van der Waals surface area (Å²) < 4.78 is 12.0. The SMILES string of the molecule is Cc1cc(N(C(C)O)C(C)O)ccc1N=Nc1ccc(-c2nnc(-c3ccc(-c4nnc(-c5ccc(N=Nc6ccc(N(C(C)O)C(C)O)cc6C)cc5)o4)cc3)o2)cc1. The maximum Gasteiger partial charge on any atom is 0.248 e. The molecular formula is C44H44N10O6. The van der Waals surface area contributed by atoms with Gasteiger partial charge in [0.1, 0.15) is 24.9 Å². The molecule has 4 atom stereocenters. The summed E-state index contributed by atoms with van der Waals surface area (Å²) in [5.41, 5.74) is 8.48. The lowest BCUT2D eigenvalue weighted by Crippen LogP contribution is -2.40. The van der Waals surface area contributed by atoms with Crippen LogP contribution in [0.5, 0.6) is 0 Å². The maximum absolute atomic E-state index is 10.0. The second kappa shape index (κ2) is 17.9. The fourth-order valence-electron chi connectivity index (χ4n) is 6.55. The van der Waals surface area contributed by atoms with E-state index in [4.69, 9.17) is 8.83 Å². The number of azo groups is 2. The molecule has 7 rings (SSSR count). The zero-order valence-corrected chi connectivity index (χ0v) is 33.8. The van der Waals surface area contributed by atoms with Gasteiger partial charge in [-0.15, -0.1) is 20.4 Å². The molecule has 0 radical (unpaired) electrons. The number of rotatable bonds is 14. The van der Waals surface area contributed by atoms with E-state index in [1.54, 1.807) is 76.2 Å². The third-order valence-electron chi connectivity index (χ3n) is 9.57. The second-order valence-electron chi connectivity index (χ2n) is 14.2. The Balaban J connectivity index is 0.960. The number of benzene rings is 5. The number of hydrogen-bond donors (Lipinski definition) is 4. The number of aromatic nitrogens is 4. The first-order chi connectivity index (χ1) is 28.8. The van der Waals surface area contributed by atoms with Crippen LogP contribution in [-0.2, 0) is 0 Å². The van der Waals surface area contributed by atoms with Gasteiger partial charge in [-0.2, -0.15) is 20.5 Å². The maximum atomic E-state index is 10.0. The van der Waals surface area contributed by atoms with Crippen LogP contribution in [0.1, 0.15) is 38.8 Å². The summed E-state index contributed by atoms with van der Waals surface area (Å²) in [5.74, 6) is 1.39. The summed E-state index contributed by atoms with van der Waals surface area (Å²) in [4.78, 5) is 2.99. The molecule has 2 heterocycles. The molecule has 60 heavy (non-hydrogen) atoms. The van der Waals surface area contributed by atoms with Crippen LogP contribution in [-0.4, -0.2) is 65.7 Å². The molecule has 0 saturated heterocycles. The predicted molar refractivity (Wildman–Crippen MR) is 226 cm³/mol. The van der Waals surface area contributed by atoms with Crippen LogP contribution in [0, 0.1) is 13.8 Å². The molecule has 0 saturated carbocycles. The molecule has 16 heteroatoms. The van der Waals surface area contributed by atoms with Crippen molar-refractivity contribution < 1.29 is 29.3 Å². The van der Waals surface area contributed by atoms with Gasteiger partial charge in [-0.3, -0.25) is 0 Å². The van der Waals surface area contributed by atoms with E-state index in [0.717, 1.165) is 22.3 Å². The first-order valence-electron chi connectivity index (χ1n) is 19.2. The van der Waals surface area contributed by atoms with E-state index in [-0.39, 0.29) is 0 Å². The molecule has 16 nitrogen and oxygen atoms in total. The Morgan fingerprint density at radius 2 is 0.700 bits per heavy atom. The highest BCUT2D eigenvalue weighted by Crippen LogP contribution is 2.33. The highest BCUT2D eigenvalue weighted by Gasteiger charge is 2.19. The molecule has 306 valence electrons. The van der Waals surface area contributed by atoms with Crippen LogP contribution in [0.2, 0.25) is 0 Å². The summed E-state index contributed by atoms with van der Waals surface area (Å²) in [6.45, 7) is 10.2. The van der Waals surface area contributed by atoms with E-state index in [0.29, 0.717) is 68.8 Å². The van der Waals surface area contributed by atoms with Gasteiger partial charge in [0.15, 0.2) is 0 Å². The summed E-state index contributed by atoms with van der Waals surface area (Å²) in [6.07, 6.45) is -3.43. The Kier molecular flexibility index (Phi) is 12.3. The number of aliphatic hydroxyl groups excluding tert-OH is 4. The quantitative estimate of drug-likeness (QED) is 0.0597. The smallest absolute Gasteiger partial charge is 0.248 e. The summed E-state index contributed by atoms with van der Waals surface area (Å²) >= 11 is 0. The van der Waals surface area contributed by atoms with Crippen molar-refractivity contribution in [1.29, 1.82) is 0 Å². The molecular weight excluding hydrogens is 765 g/mol. The number of hydrogen-bond acceptors (Lipinski definition) is 16. The minimum Gasteiger partial charge on any atom is -0.416 e. The molecule has 0 fully saturated rings. The first kappa shape index (κ1) is 41.2.